The maximum absolute atomic E-state index is 11.5. The fourth-order valence-electron chi connectivity index (χ4n) is 1.39. The van der Waals surface area contributed by atoms with E-state index in [4.69, 9.17) is 10.8 Å². The Labute approximate surface area is 105 Å². The van der Waals surface area contributed by atoms with E-state index < -0.39 is 17.9 Å². The minimum Gasteiger partial charge on any atom is -0.480 e. The summed E-state index contributed by atoms with van der Waals surface area (Å²) in [5, 5.41) is 11.2. The number of nitrogen functional groups attached to an aromatic ring is 1. The van der Waals surface area contributed by atoms with Crippen molar-refractivity contribution in [2.45, 2.75) is 19.4 Å². The highest BCUT2D eigenvalue weighted by Crippen LogP contribution is 2.07. The number of hydrogen-bond acceptors (Lipinski definition) is 3. The fraction of sp³-hybridized carbons (Fsp3) is 0.231. The summed E-state index contributed by atoms with van der Waals surface area (Å²) < 4.78 is 0. The third kappa shape index (κ3) is 4.29. The molecule has 0 aliphatic rings. The lowest BCUT2D eigenvalue weighted by molar-refractivity contribution is -0.141. The Morgan fingerprint density at radius 1 is 1.50 bits per heavy atom. The topological polar surface area (TPSA) is 92.4 Å². The van der Waals surface area contributed by atoms with Crippen LogP contribution in [0.15, 0.2) is 30.3 Å². The van der Waals surface area contributed by atoms with Crippen LogP contribution in [0.2, 0.25) is 0 Å². The average molecular weight is 248 g/mol. The van der Waals surface area contributed by atoms with Crippen molar-refractivity contribution < 1.29 is 14.7 Å². The van der Waals surface area contributed by atoms with Crippen molar-refractivity contribution in [3.63, 3.8) is 0 Å². The summed E-state index contributed by atoms with van der Waals surface area (Å²) in [5.74, 6) is -1.48. The third-order valence-corrected chi connectivity index (χ3v) is 2.36. The van der Waals surface area contributed by atoms with E-state index in [2.05, 4.69) is 5.32 Å². The minimum atomic E-state index is -1.04. The van der Waals surface area contributed by atoms with Crippen LogP contribution in [0.5, 0.6) is 0 Å². The molecule has 4 N–H and O–H groups in total. The third-order valence-electron chi connectivity index (χ3n) is 2.36. The van der Waals surface area contributed by atoms with Crippen LogP contribution in [0.3, 0.4) is 0 Å². The maximum atomic E-state index is 11.5. The smallest absolute Gasteiger partial charge is 0.326 e. The molecule has 0 aliphatic carbocycles. The number of carboxylic acid groups (broad SMARTS) is 1. The molecule has 1 aromatic rings. The van der Waals surface area contributed by atoms with Crippen molar-refractivity contribution in [2.75, 3.05) is 5.73 Å². The van der Waals surface area contributed by atoms with Gasteiger partial charge in [0.1, 0.15) is 6.04 Å². The molecule has 0 bridgehead atoms. The Balaban J connectivity index is 2.62. The number of amides is 1. The SMILES string of the molecule is CC[C@@H](NC(=O)/C=C/c1cccc(N)c1)C(=O)O. The van der Waals surface area contributed by atoms with E-state index in [1.54, 1.807) is 37.3 Å². The van der Waals surface area contributed by atoms with Crippen LogP contribution in [0.4, 0.5) is 5.69 Å². The van der Waals surface area contributed by atoms with Crippen molar-refractivity contribution in [2.24, 2.45) is 0 Å². The summed E-state index contributed by atoms with van der Waals surface area (Å²) in [6, 6.07) is 6.18. The van der Waals surface area contributed by atoms with Gasteiger partial charge in [-0.05, 0) is 30.2 Å². The molecule has 0 aliphatic heterocycles. The average Bonchev–Trinajstić information content (AvgIpc) is 2.33. The zero-order valence-electron chi connectivity index (χ0n) is 10.1. The Morgan fingerprint density at radius 3 is 2.78 bits per heavy atom. The fourth-order valence-corrected chi connectivity index (χ4v) is 1.39. The molecule has 0 spiro atoms. The summed E-state index contributed by atoms with van der Waals surface area (Å²) in [7, 11) is 0. The quantitative estimate of drug-likeness (QED) is 0.540. The number of benzene rings is 1. The van der Waals surface area contributed by atoms with Crippen molar-refractivity contribution >= 4 is 23.6 Å². The molecule has 0 fully saturated rings. The number of carbonyl (C=O) groups is 2. The molecular formula is C13H16N2O3. The molecule has 96 valence electrons. The molecule has 1 atom stereocenters. The zero-order chi connectivity index (χ0) is 13.5. The summed E-state index contributed by atoms with van der Waals surface area (Å²) >= 11 is 0. The monoisotopic (exact) mass is 248 g/mol. The molecule has 1 aromatic carbocycles. The van der Waals surface area contributed by atoms with Gasteiger partial charge in [0.25, 0.3) is 0 Å². The first kappa shape index (κ1) is 13.8. The van der Waals surface area contributed by atoms with Crippen LogP contribution < -0.4 is 11.1 Å². The van der Waals surface area contributed by atoms with Crippen molar-refractivity contribution in [1.29, 1.82) is 0 Å². The molecule has 18 heavy (non-hydrogen) atoms. The summed E-state index contributed by atoms with van der Waals surface area (Å²) in [6.07, 6.45) is 3.22. The Kier molecular flexibility index (Phi) is 4.92. The predicted molar refractivity (Wildman–Crippen MR) is 69.7 cm³/mol. The molecule has 0 unspecified atom stereocenters. The predicted octanol–water partition coefficient (Wildman–Crippen LogP) is 1.26. The van der Waals surface area contributed by atoms with E-state index in [0.717, 1.165) is 5.56 Å². The van der Waals surface area contributed by atoms with Gasteiger partial charge in [-0.3, -0.25) is 4.79 Å². The molecule has 5 heteroatoms. The van der Waals surface area contributed by atoms with E-state index in [-0.39, 0.29) is 0 Å². The van der Waals surface area contributed by atoms with Crippen LogP contribution in [0.25, 0.3) is 6.08 Å². The van der Waals surface area contributed by atoms with Crippen molar-refractivity contribution in [1.82, 2.24) is 5.32 Å². The van der Waals surface area contributed by atoms with Gasteiger partial charge < -0.3 is 16.2 Å². The lowest BCUT2D eigenvalue weighted by Gasteiger charge is -2.09. The largest absolute Gasteiger partial charge is 0.480 e. The number of hydrogen-bond donors (Lipinski definition) is 3. The van der Waals surface area contributed by atoms with Crippen molar-refractivity contribution in [3.05, 3.63) is 35.9 Å². The van der Waals surface area contributed by atoms with E-state index >= 15 is 0 Å². The first-order chi connectivity index (χ1) is 8.52. The molecule has 0 heterocycles. The molecule has 1 amide bonds. The van der Waals surface area contributed by atoms with Crippen LogP contribution in [0, 0.1) is 0 Å². The highest BCUT2D eigenvalue weighted by molar-refractivity contribution is 5.94. The number of nitrogens with one attached hydrogen (secondary N) is 1. The summed E-state index contributed by atoms with van der Waals surface area (Å²) in [6.45, 7) is 1.70. The molecule has 5 nitrogen and oxygen atoms in total. The first-order valence-electron chi connectivity index (χ1n) is 5.60. The summed E-state index contributed by atoms with van der Waals surface area (Å²) in [5.41, 5.74) is 6.99. The second-order valence-electron chi connectivity index (χ2n) is 3.81. The lowest BCUT2D eigenvalue weighted by atomic mass is 10.2. The first-order valence-corrected chi connectivity index (χ1v) is 5.60. The molecule has 0 radical (unpaired) electrons. The Morgan fingerprint density at radius 2 is 2.22 bits per heavy atom. The Hall–Kier alpha value is -2.30. The van der Waals surface area contributed by atoms with Gasteiger partial charge in [-0.1, -0.05) is 19.1 Å². The van der Waals surface area contributed by atoms with E-state index in [1.807, 2.05) is 0 Å². The summed E-state index contributed by atoms with van der Waals surface area (Å²) in [4.78, 5) is 22.2. The second-order valence-corrected chi connectivity index (χ2v) is 3.81. The van der Waals surface area contributed by atoms with Gasteiger partial charge in [-0.15, -0.1) is 0 Å². The normalized spacial score (nSPS) is 12.3. The van der Waals surface area contributed by atoms with Gasteiger partial charge in [0.05, 0.1) is 0 Å². The number of aliphatic carboxylic acids is 1. The molecular weight excluding hydrogens is 232 g/mol. The molecule has 0 saturated carbocycles. The van der Waals surface area contributed by atoms with E-state index in [9.17, 15) is 9.59 Å². The van der Waals surface area contributed by atoms with Gasteiger partial charge in [-0.2, -0.15) is 0 Å². The minimum absolute atomic E-state index is 0.340. The van der Waals surface area contributed by atoms with Gasteiger partial charge in [0, 0.05) is 11.8 Å². The van der Waals surface area contributed by atoms with Crippen LogP contribution >= 0.6 is 0 Å². The maximum Gasteiger partial charge on any atom is 0.326 e. The Bertz CT molecular complexity index is 469. The van der Waals surface area contributed by atoms with Crippen molar-refractivity contribution in [3.8, 4) is 0 Å². The second kappa shape index (κ2) is 6.44. The molecule has 0 saturated heterocycles. The molecule has 0 aromatic heterocycles. The number of nitrogens with two attached hydrogens (primary N) is 1. The number of anilines is 1. The lowest BCUT2D eigenvalue weighted by Crippen LogP contribution is -2.39. The van der Waals surface area contributed by atoms with Gasteiger partial charge in [-0.25, -0.2) is 4.79 Å². The van der Waals surface area contributed by atoms with Crippen LogP contribution in [0.1, 0.15) is 18.9 Å². The molecule has 1 rings (SSSR count). The number of carbonyl (C=O) groups excluding carboxylic acids is 1. The number of rotatable bonds is 5. The number of carboxylic acids is 1. The van der Waals surface area contributed by atoms with Gasteiger partial charge in [0.2, 0.25) is 5.91 Å². The zero-order valence-corrected chi connectivity index (χ0v) is 10.1. The van der Waals surface area contributed by atoms with Gasteiger partial charge in [0.15, 0.2) is 0 Å². The van der Waals surface area contributed by atoms with Crippen LogP contribution in [-0.2, 0) is 9.59 Å². The highest BCUT2D eigenvalue weighted by Gasteiger charge is 2.15. The van der Waals surface area contributed by atoms with E-state index in [1.165, 1.54) is 6.08 Å². The highest BCUT2D eigenvalue weighted by atomic mass is 16.4. The standard InChI is InChI=1S/C13H16N2O3/c1-2-11(13(17)18)15-12(16)7-6-9-4-3-5-10(14)8-9/h3-8,11H,2,14H2,1H3,(H,15,16)(H,17,18)/b7-6+/t11-/m1/s1. The van der Waals surface area contributed by atoms with Gasteiger partial charge >= 0.3 is 5.97 Å². The van der Waals surface area contributed by atoms with Crippen LogP contribution in [-0.4, -0.2) is 23.0 Å². The van der Waals surface area contributed by atoms with E-state index in [0.29, 0.717) is 12.1 Å².